The van der Waals surface area contributed by atoms with E-state index in [1.807, 2.05) is 25.4 Å². The van der Waals surface area contributed by atoms with Crippen LogP contribution in [0.3, 0.4) is 0 Å². The minimum absolute atomic E-state index is 0.259. The van der Waals surface area contributed by atoms with Gasteiger partial charge in [0.05, 0.1) is 12.2 Å². The average molecular weight is 256 g/mol. The van der Waals surface area contributed by atoms with E-state index in [0.29, 0.717) is 10.0 Å². The lowest BCUT2D eigenvalue weighted by molar-refractivity contribution is 0.765. The van der Waals surface area contributed by atoms with Gasteiger partial charge in [-0.25, -0.2) is 0 Å². The SMILES string of the molecule is Cn1cc(C(N)c2cc(Cl)cc(Cl)c2)cn1. The van der Waals surface area contributed by atoms with Crippen LogP contribution in [0.5, 0.6) is 0 Å². The Morgan fingerprint density at radius 2 is 1.81 bits per heavy atom. The van der Waals surface area contributed by atoms with Crippen LogP contribution in [0.1, 0.15) is 17.2 Å². The third kappa shape index (κ3) is 2.38. The summed E-state index contributed by atoms with van der Waals surface area (Å²) >= 11 is 11.9. The number of nitrogens with two attached hydrogens (primary N) is 1. The molecule has 1 aromatic carbocycles. The third-order valence-electron chi connectivity index (χ3n) is 2.33. The van der Waals surface area contributed by atoms with Crippen LogP contribution in [-0.4, -0.2) is 9.78 Å². The molecule has 1 atom stereocenters. The molecule has 0 aliphatic heterocycles. The van der Waals surface area contributed by atoms with Crippen molar-refractivity contribution in [2.75, 3.05) is 0 Å². The second-order valence-electron chi connectivity index (χ2n) is 3.63. The fourth-order valence-electron chi connectivity index (χ4n) is 1.55. The zero-order valence-electron chi connectivity index (χ0n) is 8.69. The summed E-state index contributed by atoms with van der Waals surface area (Å²) in [5.74, 6) is 0. The first kappa shape index (κ1) is 11.5. The standard InChI is InChI=1S/C11H11Cl2N3/c1-16-6-8(5-15-16)11(14)7-2-9(12)4-10(13)3-7/h2-6,11H,14H2,1H3. The van der Waals surface area contributed by atoms with E-state index in [1.54, 1.807) is 16.9 Å². The average Bonchev–Trinajstić information content (AvgIpc) is 2.62. The molecule has 5 heteroatoms. The number of nitrogens with zero attached hydrogens (tertiary/aromatic N) is 2. The summed E-state index contributed by atoms with van der Waals surface area (Å²) in [6.45, 7) is 0. The number of halogens is 2. The van der Waals surface area contributed by atoms with Crippen LogP contribution >= 0.6 is 23.2 Å². The summed E-state index contributed by atoms with van der Waals surface area (Å²) in [6.07, 6.45) is 3.61. The van der Waals surface area contributed by atoms with Crippen molar-refractivity contribution in [2.45, 2.75) is 6.04 Å². The molecule has 1 unspecified atom stereocenters. The highest BCUT2D eigenvalue weighted by atomic mass is 35.5. The van der Waals surface area contributed by atoms with Gasteiger partial charge in [0.15, 0.2) is 0 Å². The van der Waals surface area contributed by atoms with Crippen LogP contribution in [0.2, 0.25) is 10.0 Å². The predicted octanol–water partition coefficient (Wildman–Crippen LogP) is 2.78. The van der Waals surface area contributed by atoms with Crippen LogP contribution < -0.4 is 5.73 Å². The second kappa shape index (κ2) is 4.45. The topological polar surface area (TPSA) is 43.8 Å². The normalized spacial score (nSPS) is 12.8. The smallest absolute Gasteiger partial charge is 0.0583 e. The monoisotopic (exact) mass is 255 g/mol. The van der Waals surface area contributed by atoms with Crippen molar-refractivity contribution in [1.82, 2.24) is 9.78 Å². The molecule has 3 nitrogen and oxygen atoms in total. The molecule has 16 heavy (non-hydrogen) atoms. The van der Waals surface area contributed by atoms with Gasteiger partial charge in [0.1, 0.15) is 0 Å². The third-order valence-corrected chi connectivity index (χ3v) is 2.76. The quantitative estimate of drug-likeness (QED) is 0.897. The number of hydrogen-bond donors (Lipinski definition) is 1. The van der Waals surface area contributed by atoms with Crippen molar-refractivity contribution in [2.24, 2.45) is 12.8 Å². The van der Waals surface area contributed by atoms with Gasteiger partial charge >= 0.3 is 0 Å². The molecular formula is C11H11Cl2N3. The molecule has 2 rings (SSSR count). The van der Waals surface area contributed by atoms with Gasteiger partial charge in [0.25, 0.3) is 0 Å². The first-order valence-corrected chi connectivity index (χ1v) is 5.52. The van der Waals surface area contributed by atoms with Crippen molar-refractivity contribution in [1.29, 1.82) is 0 Å². The predicted molar refractivity (Wildman–Crippen MR) is 65.7 cm³/mol. The second-order valence-corrected chi connectivity index (χ2v) is 4.50. The van der Waals surface area contributed by atoms with E-state index in [1.165, 1.54) is 0 Å². The van der Waals surface area contributed by atoms with Crippen LogP contribution in [0.15, 0.2) is 30.6 Å². The molecule has 0 spiro atoms. The van der Waals surface area contributed by atoms with Gasteiger partial charge < -0.3 is 5.73 Å². The summed E-state index contributed by atoms with van der Waals surface area (Å²) in [4.78, 5) is 0. The van der Waals surface area contributed by atoms with E-state index in [0.717, 1.165) is 11.1 Å². The molecule has 1 heterocycles. The maximum atomic E-state index is 6.10. The van der Waals surface area contributed by atoms with E-state index in [9.17, 15) is 0 Å². The first-order chi connectivity index (χ1) is 7.56. The molecule has 84 valence electrons. The first-order valence-electron chi connectivity index (χ1n) is 4.76. The number of benzene rings is 1. The number of hydrogen-bond acceptors (Lipinski definition) is 2. The summed E-state index contributed by atoms with van der Waals surface area (Å²) < 4.78 is 1.71. The Hall–Kier alpha value is -1.03. The Bertz CT molecular complexity index is 487. The van der Waals surface area contributed by atoms with Gasteiger partial charge in [0.2, 0.25) is 0 Å². The summed E-state index contributed by atoms with van der Waals surface area (Å²) in [5.41, 5.74) is 7.91. The minimum atomic E-state index is -0.259. The summed E-state index contributed by atoms with van der Waals surface area (Å²) in [5, 5.41) is 5.25. The van der Waals surface area contributed by atoms with Crippen molar-refractivity contribution in [3.8, 4) is 0 Å². The van der Waals surface area contributed by atoms with E-state index in [2.05, 4.69) is 5.10 Å². The van der Waals surface area contributed by atoms with Gasteiger partial charge in [-0.1, -0.05) is 23.2 Å². The van der Waals surface area contributed by atoms with Crippen molar-refractivity contribution in [3.63, 3.8) is 0 Å². The maximum absolute atomic E-state index is 6.10. The molecular weight excluding hydrogens is 245 g/mol. The van der Waals surface area contributed by atoms with E-state index in [4.69, 9.17) is 28.9 Å². The molecule has 0 aliphatic carbocycles. The molecule has 0 aliphatic rings. The van der Waals surface area contributed by atoms with E-state index >= 15 is 0 Å². The highest BCUT2D eigenvalue weighted by Crippen LogP contribution is 2.25. The molecule has 0 bridgehead atoms. The highest BCUT2D eigenvalue weighted by molar-refractivity contribution is 6.34. The Balaban J connectivity index is 2.37. The van der Waals surface area contributed by atoms with E-state index < -0.39 is 0 Å². The molecule has 1 aromatic heterocycles. The molecule has 0 fully saturated rings. The molecule has 0 radical (unpaired) electrons. The molecule has 0 saturated carbocycles. The minimum Gasteiger partial charge on any atom is -0.320 e. The van der Waals surface area contributed by atoms with Gasteiger partial charge in [-0.2, -0.15) is 5.10 Å². The summed E-state index contributed by atoms with van der Waals surface area (Å²) in [6, 6.07) is 5.04. The Kier molecular flexibility index (Phi) is 3.19. The van der Waals surface area contributed by atoms with Gasteiger partial charge in [0, 0.05) is 28.9 Å². The van der Waals surface area contributed by atoms with Crippen LogP contribution in [-0.2, 0) is 7.05 Å². The lowest BCUT2D eigenvalue weighted by Crippen LogP contribution is -2.11. The zero-order chi connectivity index (χ0) is 11.7. The lowest BCUT2D eigenvalue weighted by atomic mass is 10.0. The molecule has 0 amide bonds. The number of aromatic nitrogens is 2. The van der Waals surface area contributed by atoms with Crippen LogP contribution in [0, 0.1) is 0 Å². The Morgan fingerprint density at radius 1 is 1.19 bits per heavy atom. The molecule has 2 aromatic rings. The Morgan fingerprint density at radius 3 is 2.31 bits per heavy atom. The van der Waals surface area contributed by atoms with Gasteiger partial charge in [-0.15, -0.1) is 0 Å². The fourth-order valence-corrected chi connectivity index (χ4v) is 2.09. The number of aryl methyl sites for hydroxylation is 1. The molecule has 2 N–H and O–H groups in total. The largest absolute Gasteiger partial charge is 0.320 e. The van der Waals surface area contributed by atoms with Crippen LogP contribution in [0.4, 0.5) is 0 Å². The summed E-state index contributed by atoms with van der Waals surface area (Å²) in [7, 11) is 1.85. The Labute approximate surface area is 104 Å². The van der Waals surface area contributed by atoms with E-state index in [-0.39, 0.29) is 6.04 Å². The van der Waals surface area contributed by atoms with Gasteiger partial charge in [-0.3, -0.25) is 4.68 Å². The fraction of sp³-hybridized carbons (Fsp3) is 0.182. The van der Waals surface area contributed by atoms with Crippen LogP contribution in [0.25, 0.3) is 0 Å². The zero-order valence-corrected chi connectivity index (χ0v) is 10.2. The maximum Gasteiger partial charge on any atom is 0.0583 e. The highest BCUT2D eigenvalue weighted by Gasteiger charge is 2.11. The van der Waals surface area contributed by atoms with Crippen molar-refractivity contribution < 1.29 is 0 Å². The number of rotatable bonds is 2. The van der Waals surface area contributed by atoms with Gasteiger partial charge in [-0.05, 0) is 23.8 Å². The van der Waals surface area contributed by atoms with Crippen molar-refractivity contribution in [3.05, 3.63) is 51.8 Å². The van der Waals surface area contributed by atoms with Crippen molar-refractivity contribution >= 4 is 23.2 Å². The lowest BCUT2D eigenvalue weighted by Gasteiger charge is -2.10. The molecule has 0 saturated heterocycles.